The minimum atomic E-state index is -0.430. The highest BCUT2D eigenvalue weighted by Crippen LogP contribution is 2.28. The summed E-state index contributed by atoms with van der Waals surface area (Å²) in [6.45, 7) is 3.73. The van der Waals surface area contributed by atoms with Crippen LogP contribution in [0.2, 0.25) is 0 Å². The number of hydrazine groups is 1. The van der Waals surface area contributed by atoms with Crippen molar-refractivity contribution in [2.24, 2.45) is 5.84 Å². The average molecular weight is 284 g/mol. The number of hydrogen-bond donors (Lipinski definition) is 2. The molecule has 0 spiro atoms. The van der Waals surface area contributed by atoms with E-state index in [-0.39, 0.29) is 5.76 Å². The Hall–Kier alpha value is -1.38. The van der Waals surface area contributed by atoms with Gasteiger partial charge in [-0.3, -0.25) is 10.2 Å². The fourth-order valence-corrected chi connectivity index (χ4v) is 3.18. The van der Waals surface area contributed by atoms with Crippen LogP contribution in [0.25, 0.3) is 0 Å². The molecular weight excluding hydrogens is 272 g/mol. The topological polar surface area (TPSA) is 94.0 Å². The van der Waals surface area contributed by atoms with Crippen molar-refractivity contribution >= 4 is 29.0 Å². The molecule has 18 heavy (non-hydrogen) atoms. The van der Waals surface area contributed by atoms with Crippen LogP contribution in [0.4, 0.5) is 0 Å². The van der Waals surface area contributed by atoms with Gasteiger partial charge in [0.15, 0.2) is 10.1 Å². The molecule has 96 valence electrons. The van der Waals surface area contributed by atoms with Gasteiger partial charge in [0.1, 0.15) is 10.8 Å². The number of hydrogen-bond acceptors (Lipinski definition) is 7. The van der Waals surface area contributed by atoms with Gasteiger partial charge in [-0.25, -0.2) is 5.84 Å². The molecule has 2 aromatic rings. The van der Waals surface area contributed by atoms with E-state index in [0.29, 0.717) is 11.5 Å². The minimum absolute atomic E-state index is 0.221. The summed E-state index contributed by atoms with van der Waals surface area (Å²) >= 11 is 3.10. The zero-order chi connectivity index (χ0) is 13.1. The van der Waals surface area contributed by atoms with Crippen LogP contribution in [0.5, 0.6) is 0 Å². The minimum Gasteiger partial charge on any atom is -0.456 e. The Morgan fingerprint density at radius 1 is 1.56 bits per heavy atom. The van der Waals surface area contributed by atoms with E-state index in [4.69, 9.17) is 10.3 Å². The number of aromatic nitrogens is 2. The summed E-state index contributed by atoms with van der Waals surface area (Å²) in [4.78, 5) is 11.3. The van der Waals surface area contributed by atoms with Gasteiger partial charge in [-0.15, -0.1) is 10.2 Å². The van der Waals surface area contributed by atoms with Crippen molar-refractivity contribution in [3.63, 3.8) is 0 Å². The summed E-state index contributed by atoms with van der Waals surface area (Å²) < 4.78 is 6.22. The summed E-state index contributed by atoms with van der Waals surface area (Å²) in [6, 6.07) is 1.69. The Morgan fingerprint density at radius 3 is 2.94 bits per heavy atom. The van der Waals surface area contributed by atoms with Crippen molar-refractivity contribution in [2.45, 2.75) is 23.9 Å². The van der Waals surface area contributed by atoms with E-state index in [2.05, 4.69) is 10.2 Å². The predicted molar refractivity (Wildman–Crippen MR) is 69.3 cm³/mol. The van der Waals surface area contributed by atoms with Gasteiger partial charge < -0.3 is 4.42 Å². The molecule has 0 aliphatic carbocycles. The number of carbonyl (C=O) groups excluding carboxylic acids is 1. The highest BCUT2D eigenvalue weighted by atomic mass is 32.2. The Labute approximate surface area is 112 Å². The van der Waals surface area contributed by atoms with Crippen LogP contribution < -0.4 is 11.3 Å². The molecule has 0 aliphatic rings. The van der Waals surface area contributed by atoms with Gasteiger partial charge in [0.25, 0.3) is 0 Å². The van der Waals surface area contributed by atoms with Gasteiger partial charge in [-0.2, -0.15) is 0 Å². The van der Waals surface area contributed by atoms with Crippen LogP contribution in [-0.4, -0.2) is 16.1 Å². The lowest BCUT2D eigenvalue weighted by Gasteiger charge is -1.94. The molecule has 0 bridgehead atoms. The van der Waals surface area contributed by atoms with Crippen molar-refractivity contribution in [3.8, 4) is 0 Å². The third kappa shape index (κ3) is 2.89. The van der Waals surface area contributed by atoms with Crippen molar-refractivity contribution in [3.05, 3.63) is 28.2 Å². The van der Waals surface area contributed by atoms with Crippen LogP contribution in [0, 0.1) is 13.8 Å². The van der Waals surface area contributed by atoms with E-state index in [1.807, 2.05) is 19.3 Å². The first-order valence-electron chi connectivity index (χ1n) is 5.13. The molecule has 8 heteroatoms. The third-order valence-corrected chi connectivity index (χ3v) is 4.25. The highest BCUT2D eigenvalue weighted by molar-refractivity contribution is 8.00. The number of nitrogens with zero attached hydrogens (tertiary/aromatic N) is 2. The Kier molecular flexibility index (Phi) is 4.00. The van der Waals surface area contributed by atoms with E-state index in [1.54, 1.807) is 29.2 Å². The highest BCUT2D eigenvalue weighted by Gasteiger charge is 2.14. The zero-order valence-electron chi connectivity index (χ0n) is 9.89. The van der Waals surface area contributed by atoms with Gasteiger partial charge in [-0.05, 0) is 19.9 Å². The smallest absolute Gasteiger partial charge is 0.300 e. The fraction of sp³-hybridized carbons (Fsp3) is 0.300. The van der Waals surface area contributed by atoms with E-state index in [0.717, 1.165) is 14.9 Å². The summed E-state index contributed by atoms with van der Waals surface area (Å²) in [5.41, 5.74) is 2.99. The van der Waals surface area contributed by atoms with Crippen LogP contribution in [0.1, 0.15) is 26.9 Å². The standard InChI is InChI=1S/C10H12N4O2S2/c1-5-7(3-8(16-5)9(15)12-11)4-17-10-14-13-6(2)18-10/h3H,4,11H2,1-2H3,(H,12,15). The maximum Gasteiger partial charge on any atom is 0.300 e. The SMILES string of the molecule is Cc1nnc(SCc2cc(C(=O)NN)oc2C)s1. The monoisotopic (exact) mass is 284 g/mol. The van der Waals surface area contributed by atoms with Crippen LogP contribution in [0.3, 0.4) is 0 Å². The van der Waals surface area contributed by atoms with E-state index in [1.165, 1.54) is 0 Å². The van der Waals surface area contributed by atoms with Crippen LogP contribution in [0.15, 0.2) is 14.8 Å². The summed E-state index contributed by atoms with van der Waals surface area (Å²) in [7, 11) is 0. The second kappa shape index (κ2) is 5.51. The normalized spacial score (nSPS) is 10.6. The van der Waals surface area contributed by atoms with E-state index < -0.39 is 5.91 Å². The van der Waals surface area contributed by atoms with Crippen molar-refractivity contribution in [2.75, 3.05) is 0 Å². The van der Waals surface area contributed by atoms with Crippen molar-refractivity contribution in [1.29, 1.82) is 0 Å². The molecule has 1 amide bonds. The average Bonchev–Trinajstić information content (AvgIpc) is 2.92. The van der Waals surface area contributed by atoms with E-state index >= 15 is 0 Å². The Bertz CT molecular complexity index is 564. The molecule has 2 heterocycles. The molecule has 0 saturated heterocycles. The quantitative estimate of drug-likeness (QED) is 0.384. The molecule has 6 nitrogen and oxygen atoms in total. The van der Waals surface area contributed by atoms with Gasteiger partial charge in [-0.1, -0.05) is 23.1 Å². The molecular formula is C10H12N4O2S2. The number of thioether (sulfide) groups is 1. The molecule has 0 aliphatic heterocycles. The molecule has 0 aromatic carbocycles. The maximum absolute atomic E-state index is 11.3. The lowest BCUT2D eigenvalue weighted by atomic mass is 10.3. The molecule has 2 rings (SSSR count). The molecule has 0 fully saturated rings. The molecule has 0 saturated carbocycles. The first-order chi connectivity index (χ1) is 8.60. The first-order valence-corrected chi connectivity index (χ1v) is 6.93. The second-order valence-corrected chi connectivity index (χ2v) is 5.95. The summed E-state index contributed by atoms with van der Waals surface area (Å²) in [5.74, 6) is 6.23. The van der Waals surface area contributed by atoms with Crippen molar-refractivity contribution in [1.82, 2.24) is 15.6 Å². The van der Waals surface area contributed by atoms with Crippen LogP contribution >= 0.6 is 23.1 Å². The third-order valence-electron chi connectivity index (χ3n) is 2.23. The second-order valence-electron chi connectivity index (χ2n) is 3.54. The first kappa shape index (κ1) is 13.1. The van der Waals surface area contributed by atoms with Gasteiger partial charge in [0.05, 0.1) is 0 Å². The van der Waals surface area contributed by atoms with Gasteiger partial charge >= 0.3 is 5.91 Å². The summed E-state index contributed by atoms with van der Waals surface area (Å²) in [6.07, 6.45) is 0. The lowest BCUT2D eigenvalue weighted by molar-refractivity contribution is 0.0924. The number of aryl methyl sites for hydroxylation is 2. The van der Waals surface area contributed by atoms with Gasteiger partial charge in [0.2, 0.25) is 0 Å². The largest absolute Gasteiger partial charge is 0.456 e. The predicted octanol–water partition coefficient (Wildman–Crippen LogP) is 1.64. The lowest BCUT2D eigenvalue weighted by Crippen LogP contribution is -2.29. The fourth-order valence-electron chi connectivity index (χ4n) is 1.32. The van der Waals surface area contributed by atoms with Gasteiger partial charge in [0, 0.05) is 11.3 Å². The zero-order valence-corrected chi connectivity index (χ0v) is 11.5. The molecule has 2 aromatic heterocycles. The number of furan rings is 1. The van der Waals surface area contributed by atoms with Crippen molar-refractivity contribution < 1.29 is 9.21 Å². The number of amides is 1. The molecule has 0 atom stereocenters. The Balaban J connectivity index is 2.05. The summed E-state index contributed by atoms with van der Waals surface area (Å²) in [5, 5.41) is 8.90. The molecule has 3 N–H and O–H groups in total. The molecule has 0 radical (unpaired) electrons. The number of nitrogen functional groups attached to an aromatic ring is 1. The number of nitrogens with one attached hydrogen (secondary N) is 1. The van der Waals surface area contributed by atoms with E-state index in [9.17, 15) is 4.79 Å². The van der Waals surface area contributed by atoms with Crippen LogP contribution in [-0.2, 0) is 5.75 Å². The number of rotatable bonds is 4. The maximum atomic E-state index is 11.3. The number of carbonyl (C=O) groups is 1. The number of nitrogens with two attached hydrogens (primary N) is 1. The Morgan fingerprint density at radius 2 is 2.33 bits per heavy atom. The molecule has 0 unspecified atom stereocenters.